The van der Waals surface area contributed by atoms with Gasteiger partial charge in [0, 0.05) is 151 Å². The molecule has 808 valence electrons. The molecule has 1 saturated carbocycles. The van der Waals surface area contributed by atoms with Crippen LogP contribution in [0.4, 0.5) is 23.7 Å². The van der Waals surface area contributed by atoms with Crippen molar-refractivity contribution in [1.29, 1.82) is 0 Å². The molecule has 68 nitrogen and oxygen atoms in total. The lowest BCUT2D eigenvalue weighted by Crippen LogP contribution is -2.55. The second-order valence-electron chi connectivity index (χ2n) is 35.8. The van der Waals surface area contributed by atoms with Gasteiger partial charge >= 0.3 is 119 Å². The summed E-state index contributed by atoms with van der Waals surface area (Å²) < 4.78 is 167. The molecule has 0 spiro atoms. The molecule has 44 N–H and O–H groups in total. The van der Waals surface area contributed by atoms with E-state index in [1.54, 1.807) is 6.92 Å². The maximum atomic E-state index is 12.4. The molecule has 1 unspecified atom stereocenters. The van der Waals surface area contributed by atoms with Gasteiger partial charge in [-0.3, -0.25) is 33.5 Å². The van der Waals surface area contributed by atoms with Crippen LogP contribution >= 0.6 is 0 Å². The molecule has 11 rings (SSSR count). The van der Waals surface area contributed by atoms with E-state index in [1.807, 2.05) is 0 Å². The number of tetrazole rings is 1. The van der Waals surface area contributed by atoms with E-state index in [-0.39, 0.29) is 178 Å². The number of aliphatic carboxylic acids is 6. The summed E-state index contributed by atoms with van der Waals surface area (Å²) in [5.74, 6) is -12.1. The fraction of sp³-hybridized carbons (Fsp3) is 0.778. The van der Waals surface area contributed by atoms with E-state index < -0.39 is 234 Å². The minimum Gasteiger partial charge on any atom is -0.480 e. The average molecular weight is 2170 g/mol. The van der Waals surface area contributed by atoms with Crippen LogP contribution in [0.1, 0.15) is 96.8 Å². The average Bonchev–Trinajstić information content (AvgIpc) is 1.65. The zero-order chi connectivity index (χ0) is 108. The summed E-state index contributed by atoms with van der Waals surface area (Å²) in [7, 11) is -32.9. The third-order valence-corrected chi connectivity index (χ3v) is 33.3. The highest BCUT2D eigenvalue weighted by molar-refractivity contribution is 7.91. The second kappa shape index (κ2) is 51.9. The summed E-state index contributed by atoms with van der Waals surface area (Å²) in [4.78, 5) is 79.1. The standard InChI is InChI=1S/C12H25BN4O6S.C11H20BN5O6S.C11H25BN4O6S.2C10H19BN6O6S.C9H18BN7O6S/c14-11(3-4-11)7-16-24(22,23)17-6-9(2-1-5-13(20)21)12(15,8-17)10(18)19;13-11(9(18)19)7-17(6-8(11)2-1-3-12(20)21)24(22,23)16-10-14-4-5-15-10;1-8(13)5-15-23(21,22)16-6-9(3-2-4-12(19)20)11(14,7-16)10(17)18;12-10(9(18)19)6-17(5-7(10)2-1-3-11(20)21)24(22,23)15-8-4-13-16-14-8;12-10(8(18)19)5-17(4-7(10)2-1-3-11(20)21)24(22,23)16-9-13-6-14-15-9;11-9(7(18)19)5-17(4-6(9)2-1-3-10(20)21)24(22,23)14-8-12-15-16-13-8/h9,16,20-21H,1-8,14-15H2,(H,18,19);4-5,8,20-21H,1-3,6-7,13H2,(H,18,19)(H2,14,15,16);8-9,15,19-20H,2-7,13-14H2,1H3,(H,17,18);4,7,20-21H,1-3,5-6,12H2,(H,18,19)(H2,13,14,15,16);6-7,20-21H,1-5,12H2,(H,18,19)(H2,13,14,15,16);6,20-21H,1-5,11H2,(H,18,19)(H2,12,13,14,15,16)/t9-,12-;8-,11-;8?,9-,11+;2*7-,10-;6-,9-/m001000/s1. The number of H-pyrrole nitrogens is 4. The molecule has 0 radical (unpaired) electrons. The quantitative estimate of drug-likeness (QED) is 0.0183. The van der Waals surface area contributed by atoms with Crippen molar-refractivity contribution in [2.45, 2.75) is 180 Å². The maximum absolute atomic E-state index is 12.4. The lowest BCUT2D eigenvalue weighted by Gasteiger charge is -2.25. The molecule has 80 heteroatoms. The van der Waals surface area contributed by atoms with E-state index in [0.29, 0.717) is 38.5 Å². The topological polar surface area (TPSA) is 1140 Å². The Balaban J connectivity index is 0.000000263. The lowest BCUT2D eigenvalue weighted by atomic mass is 9.78. The molecule has 10 heterocycles. The summed E-state index contributed by atoms with van der Waals surface area (Å²) in [6.45, 7) is -1.00. The van der Waals surface area contributed by atoms with Crippen LogP contribution in [0.15, 0.2) is 24.9 Å². The van der Waals surface area contributed by atoms with E-state index >= 15 is 0 Å². The molecule has 6 aliphatic heterocycles. The third-order valence-electron chi connectivity index (χ3n) is 24.7. The van der Waals surface area contributed by atoms with Crippen molar-refractivity contribution in [2.24, 2.45) is 81.4 Å². The highest BCUT2D eigenvalue weighted by Crippen LogP contribution is 2.40. The molecule has 13 atom stereocenters. The molecule has 4 aromatic heterocycles. The first kappa shape index (κ1) is 123. The Morgan fingerprint density at radius 3 is 0.944 bits per heavy atom. The molecule has 6 saturated heterocycles. The number of rotatable bonds is 50. The third kappa shape index (κ3) is 35.4. The maximum Gasteiger partial charge on any atom is 0.451 e. The number of carboxylic acid groups (broad SMARTS) is 6. The van der Waals surface area contributed by atoms with Crippen molar-refractivity contribution in [3.63, 3.8) is 0 Å². The van der Waals surface area contributed by atoms with Crippen molar-refractivity contribution < 1.29 is 170 Å². The van der Waals surface area contributed by atoms with Crippen LogP contribution in [-0.2, 0) is 90.0 Å². The molecule has 7 fully saturated rings. The van der Waals surface area contributed by atoms with Crippen molar-refractivity contribution in [3.8, 4) is 0 Å². The van der Waals surface area contributed by atoms with Gasteiger partial charge in [-0.15, -0.1) is 10.2 Å². The number of anilines is 4. The fourth-order valence-corrected chi connectivity index (χ4v) is 23.8. The number of aromatic amines is 4. The number of nitrogens with one attached hydrogen (secondary N) is 10. The number of hydrogen-bond donors (Lipinski definition) is 36. The van der Waals surface area contributed by atoms with Gasteiger partial charge in [0.25, 0.3) is 26.4 Å². The monoisotopic (exact) mass is 2160 g/mol. The fourth-order valence-electron chi connectivity index (χ4n) is 16.1. The van der Waals surface area contributed by atoms with Crippen molar-refractivity contribution in [3.05, 3.63) is 24.9 Å². The molecule has 0 aromatic carbocycles. The molecular formula is C63H126B6N32O36S6. The van der Waals surface area contributed by atoms with E-state index in [0.717, 1.165) is 45.0 Å². The van der Waals surface area contributed by atoms with E-state index in [2.05, 4.69) is 89.5 Å². The first-order chi connectivity index (χ1) is 66.1. The zero-order valence-electron chi connectivity index (χ0n) is 77.1. The first-order valence-corrected chi connectivity index (χ1v) is 52.6. The number of nitrogens with two attached hydrogens (primary N) is 8. The van der Waals surface area contributed by atoms with Crippen LogP contribution in [0, 0.1) is 35.5 Å². The largest absolute Gasteiger partial charge is 0.480 e. The van der Waals surface area contributed by atoms with Gasteiger partial charge in [0.15, 0.2) is 5.82 Å². The highest BCUT2D eigenvalue weighted by Gasteiger charge is 2.59. The number of imidazole rings is 1. The lowest BCUT2D eigenvalue weighted by molar-refractivity contribution is -0.145. The smallest absolute Gasteiger partial charge is 0.451 e. The van der Waals surface area contributed by atoms with Gasteiger partial charge in [0.1, 0.15) is 39.6 Å². The number of carboxylic acids is 6. The van der Waals surface area contributed by atoms with Gasteiger partial charge in [0.05, 0.1) is 6.20 Å². The van der Waals surface area contributed by atoms with Gasteiger partial charge in [-0.1, -0.05) is 43.6 Å². The molecule has 4 aromatic rings. The SMILES string of the molecule is CC(N)CNS(=O)(=O)N1C[C@@H](CCCB(O)O)[C@](N)(C(=O)O)C1.NC1(CNS(=O)(=O)N2C[C@H](CCCB(O)O)[C@](N)(C(=O)O)C2)CC1.N[C@@]1(C(=O)O)CN(S(=O)(=O)Nc2cn[nH]n2)C[C@@H]1CCCB(O)O.N[C@@]1(C(=O)O)CN(S(=O)(=O)Nc2ncc[nH]2)C[C@@H]1CCCB(O)O.N[C@@]1(C(=O)O)CN(S(=O)(=O)Nc2ncn[nH]2)C[C@@H]1CCCB(O)O.N[C@@]1(C(=O)O)CN(S(=O)(=O)Nc2nn[nH]n2)C[C@@H]1CCCB(O)O. The summed E-state index contributed by atoms with van der Waals surface area (Å²) in [6, 6.07) is -0.378. The number of aromatic nitrogens is 12. The Morgan fingerprint density at radius 1 is 0.406 bits per heavy atom. The van der Waals surface area contributed by atoms with Crippen LogP contribution in [-0.4, -0.2) is 443 Å². The van der Waals surface area contributed by atoms with E-state index in [9.17, 15) is 110 Å². The molecule has 7 aliphatic rings. The zero-order valence-corrected chi connectivity index (χ0v) is 82.0. The summed E-state index contributed by atoms with van der Waals surface area (Å²) >= 11 is 0. The Labute approximate surface area is 822 Å². The van der Waals surface area contributed by atoms with Crippen molar-refractivity contribution in [1.82, 2.24) is 96.5 Å². The number of hydrogen-bond acceptors (Lipinski definition) is 46. The Hall–Kier alpha value is -8.45. The highest BCUT2D eigenvalue weighted by atomic mass is 32.2. The normalized spacial score (nSPS) is 26.0. The van der Waals surface area contributed by atoms with E-state index in [1.165, 1.54) is 18.6 Å². The van der Waals surface area contributed by atoms with E-state index in [4.69, 9.17) is 106 Å². The predicted molar refractivity (Wildman–Crippen MR) is 502 cm³/mol. The summed E-state index contributed by atoms with van der Waals surface area (Å²) in [5, 5.41) is 190. The van der Waals surface area contributed by atoms with Crippen LogP contribution < -0.4 is 74.2 Å². The number of carbonyl (C=O) groups is 6. The summed E-state index contributed by atoms with van der Waals surface area (Å²) in [5.41, 5.74) is 36.1. The van der Waals surface area contributed by atoms with Crippen molar-refractivity contribution in [2.75, 3.05) is 111 Å². The minimum atomic E-state index is -4.11. The van der Waals surface area contributed by atoms with Gasteiger partial charge < -0.3 is 142 Å². The van der Waals surface area contributed by atoms with Crippen molar-refractivity contribution >= 4 is 163 Å². The van der Waals surface area contributed by atoms with Gasteiger partial charge in [0.2, 0.25) is 11.9 Å². The molecular weight excluding hydrogens is 2040 g/mol. The Bertz CT molecular complexity index is 5010. The van der Waals surface area contributed by atoms with Crippen LogP contribution in [0.5, 0.6) is 0 Å². The molecule has 0 amide bonds. The molecule has 143 heavy (non-hydrogen) atoms. The molecule has 0 bridgehead atoms. The van der Waals surface area contributed by atoms with Crippen LogP contribution in [0.3, 0.4) is 0 Å². The Morgan fingerprint density at radius 2 is 0.699 bits per heavy atom. The van der Waals surface area contributed by atoms with Crippen LogP contribution in [0.25, 0.3) is 0 Å². The Kier molecular flexibility index (Phi) is 44.8. The minimum absolute atomic E-state index is 0.0137. The van der Waals surface area contributed by atoms with Gasteiger partial charge in [-0.25, -0.2) is 33.7 Å². The summed E-state index contributed by atoms with van der Waals surface area (Å²) in [6.07, 6.45) is 10.4. The van der Waals surface area contributed by atoms with Crippen LogP contribution in [0.2, 0.25) is 37.9 Å². The molecule has 1 aliphatic carbocycles. The first-order valence-electron chi connectivity index (χ1n) is 44.0. The van der Waals surface area contributed by atoms with Gasteiger partial charge in [-0.2, -0.15) is 102 Å². The predicted octanol–water partition coefficient (Wildman–Crippen LogP) is -15.9. The number of nitrogens with zero attached hydrogens (tertiary/aromatic N) is 14. The van der Waals surface area contributed by atoms with Gasteiger partial charge in [-0.05, 0) is 101 Å². The second-order valence-corrected chi connectivity index (χ2v) is 46.0.